The van der Waals surface area contributed by atoms with E-state index in [-0.39, 0.29) is 25.7 Å². The average molecular weight is 1380 g/mol. The quantitative estimate of drug-likeness (QED) is 0.0222. The van der Waals surface area contributed by atoms with Crippen LogP contribution < -0.4 is 0 Å². The Morgan fingerprint density at radius 1 is 0.298 bits per heavy atom. The first-order chi connectivity index (χ1) is 45.1. The van der Waals surface area contributed by atoms with E-state index in [0.717, 1.165) is 120 Å². The average Bonchev–Trinajstić information content (AvgIpc) is 3.65. The minimum atomic E-state index is -4.96. The number of carbonyl (C=O) groups excluding carboxylic acids is 4. The molecule has 0 bridgehead atoms. The molecule has 0 aromatic carbocycles. The van der Waals surface area contributed by atoms with Gasteiger partial charge in [0.2, 0.25) is 0 Å². The number of rotatable bonds is 72. The SMILES string of the molecule is CCC(C)CCCCCCCCC(=O)OC[C@H](COP(=O)(O)OCC(O)COP(=O)(O)OC[C@@H](COC(=O)CCCCCCCCCCC(C)C)OC(=O)CCCCCCCCCCCCCC(C)C)OC(=O)CCCCCCCCCCCCCCCCCCC(C)C. The molecule has 0 aliphatic carbocycles. The molecule has 4 unspecified atom stereocenters. The minimum absolute atomic E-state index is 0.105. The second-order valence-corrected chi connectivity index (χ2v) is 31.6. The highest BCUT2D eigenvalue weighted by Gasteiger charge is 2.30. The van der Waals surface area contributed by atoms with Gasteiger partial charge in [0.05, 0.1) is 26.4 Å². The smallest absolute Gasteiger partial charge is 0.462 e. The summed E-state index contributed by atoms with van der Waals surface area (Å²) in [6.45, 7) is 14.1. The Bertz CT molecular complexity index is 1850. The Labute approximate surface area is 575 Å². The second kappa shape index (κ2) is 64.4. The van der Waals surface area contributed by atoms with Crippen LogP contribution >= 0.6 is 15.6 Å². The number of aliphatic hydroxyl groups is 1. The Morgan fingerprint density at radius 2 is 0.511 bits per heavy atom. The van der Waals surface area contributed by atoms with Crippen LogP contribution in [0.5, 0.6) is 0 Å². The van der Waals surface area contributed by atoms with Crippen LogP contribution in [0.4, 0.5) is 0 Å². The van der Waals surface area contributed by atoms with Gasteiger partial charge in [-0.05, 0) is 49.4 Å². The molecule has 0 rings (SSSR count). The predicted molar refractivity (Wildman–Crippen MR) is 381 cm³/mol. The molecule has 0 aliphatic heterocycles. The lowest BCUT2D eigenvalue weighted by atomic mass is 10.00. The van der Waals surface area contributed by atoms with Crippen molar-refractivity contribution in [2.45, 2.75) is 395 Å². The van der Waals surface area contributed by atoms with Crippen molar-refractivity contribution in [2.24, 2.45) is 23.7 Å². The number of phosphoric ester groups is 2. The molecule has 0 amide bonds. The Kier molecular flexibility index (Phi) is 63.1. The van der Waals surface area contributed by atoms with Gasteiger partial charge in [-0.15, -0.1) is 0 Å². The van der Waals surface area contributed by atoms with E-state index in [9.17, 15) is 43.2 Å². The summed E-state index contributed by atoms with van der Waals surface area (Å²) in [5.41, 5.74) is 0. The van der Waals surface area contributed by atoms with Crippen molar-refractivity contribution < 1.29 is 80.2 Å². The molecule has 6 atom stereocenters. The van der Waals surface area contributed by atoms with Gasteiger partial charge in [0.25, 0.3) is 0 Å². The van der Waals surface area contributed by atoms with E-state index in [4.69, 9.17) is 37.0 Å². The van der Waals surface area contributed by atoms with E-state index in [1.54, 1.807) is 0 Å². The summed E-state index contributed by atoms with van der Waals surface area (Å²) in [7, 11) is -9.91. The normalized spacial score (nSPS) is 14.4. The number of esters is 4. The van der Waals surface area contributed by atoms with Gasteiger partial charge in [-0.25, -0.2) is 9.13 Å². The summed E-state index contributed by atoms with van der Waals surface area (Å²) in [6.07, 6.45) is 48.7. The number of aliphatic hydroxyl groups excluding tert-OH is 1. The number of hydrogen-bond acceptors (Lipinski definition) is 15. The first-order valence-electron chi connectivity index (χ1n) is 38.7. The number of phosphoric acid groups is 2. The largest absolute Gasteiger partial charge is 0.472 e. The zero-order valence-corrected chi connectivity index (χ0v) is 63.4. The molecule has 0 spiro atoms. The fraction of sp³-hybridized carbons (Fsp3) is 0.947. The summed E-state index contributed by atoms with van der Waals surface area (Å²) in [5.74, 6) is 0.908. The van der Waals surface area contributed by atoms with E-state index in [0.29, 0.717) is 25.7 Å². The summed E-state index contributed by atoms with van der Waals surface area (Å²) < 4.78 is 68.5. The molecule has 19 heteroatoms. The third-order valence-corrected chi connectivity index (χ3v) is 19.6. The monoisotopic (exact) mass is 1380 g/mol. The zero-order valence-electron chi connectivity index (χ0n) is 61.6. The van der Waals surface area contributed by atoms with Crippen LogP contribution in [0.1, 0.15) is 376 Å². The van der Waals surface area contributed by atoms with Crippen molar-refractivity contribution in [3.63, 3.8) is 0 Å². The van der Waals surface area contributed by atoms with Gasteiger partial charge in [0, 0.05) is 25.7 Å². The van der Waals surface area contributed by atoms with Gasteiger partial charge in [-0.1, -0.05) is 325 Å². The van der Waals surface area contributed by atoms with Crippen LogP contribution in [0.25, 0.3) is 0 Å². The standard InChI is InChI=1S/C75H146O17P2/c1-9-68(8)54-46-38-33-34-40-48-56-73(78)86-62-71(92-74(79)57-49-41-31-23-19-15-13-11-10-12-14-17-21-27-35-43-51-65(2)3)64-90-94(83,84)88-60-69(76)59-87-93(81,82)89-63-70(61-85-72(77)55-47-39-30-26-25-29-37-45-53-67(6)7)91-75(80)58-50-42-32-24-20-16-18-22-28-36-44-52-66(4)5/h65-71,76H,9-64H2,1-8H3,(H,81,82)(H,83,84)/t68?,69?,70-,71-/m1/s1. The molecule has 0 aromatic heterocycles. The summed E-state index contributed by atoms with van der Waals surface area (Å²) in [6, 6.07) is 0. The maximum Gasteiger partial charge on any atom is 0.472 e. The van der Waals surface area contributed by atoms with Crippen LogP contribution in [-0.4, -0.2) is 96.7 Å². The second-order valence-electron chi connectivity index (χ2n) is 28.7. The van der Waals surface area contributed by atoms with Crippen molar-refractivity contribution in [3.05, 3.63) is 0 Å². The zero-order chi connectivity index (χ0) is 69.6. The molecular weight excluding hydrogens is 1230 g/mol. The Hall–Kier alpha value is -1.94. The van der Waals surface area contributed by atoms with Crippen LogP contribution in [0.15, 0.2) is 0 Å². The van der Waals surface area contributed by atoms with Crippen molar-refractivity contribution in [2.75, 3.05) is 39.6 Å². The molecule has 17 nitrogen and oxygen atoms in total. The van der Waals surface area contributed by atoms with Gasteiger partial charge in [0.1, 0.15) is 19.3 Å². The maximum absolute atomic E-state index is 13.1. The van der Waals surface area contributed by atoms with E-state index in [1.807, 2.05) is 0 Å². The van der Waals surface area contributed by atoms with Crippen LogP contribution in [0.3, 0.4) is 0 Å². The minimum Gasteiger partial charge on any atom is -0.462 e. The highest BCUT2D eigenvalue weighted by atomic mass is 31.2. The molecular formula is C75H146O17P2. The van der Waals surface area contributed by atoms with E-state index in [2.05, 4.69) is 55.4 Å². The van der Waals surface area contributed by atoms with Gasteiger partial charge in [-0.3, -0.25) is 37.3 Å². The van der Waals surface area contributed by atoms with Crippen LogP contribution in [0, 0.1) is 23.7 Å². The van der Waals surface area contributed by atoms with Crippen LogP contribution in [-0.2, 0) is 65.4 Å². The maximum atomic E-state index is 13.1. The molecule has 0 saturated heterocycles. The first kappa shape index (κ1) is 92.1. The topological polar surface area (TPSA) is 237 Å². The van der Waals surface area contributed by atoms with Gasteiger partial charge < -0.3 is 33.8 Å². The highest BCUT2D eigenvalue weighted by molar-refractivity contribution is 7.47. The lowest BCUT2D eigenvalue weighted by Crippen LogP contribution is -2.30. The summed E-state index contributed by atoms with van der Waals surface area (Å²) in [4.78, 5) is 72.7. The number of carbonyl (C=O) groups is 4. The van der Waals surface area contributed by atoms with E-state index in [1.165, 1.54) is 173 Å². The van der Waals surface area contributed by atoms with Crippen molar-refractivity contribution in [1.29, 1.82) is 0 Å². The van der Waals surface area contributed by atoms with Crippen LogP contribution in [0.2, 0.25) is 0 Å². The van der Waals surface area contributed by atoms with Crippen molar-refractivity contribution in [1.82, 2.24) is 0 Å². The summed E-state index contributed by atoms with van der Waals surface area (Å²) in [5, 5.41) is 10.6. The molecule has 3 N–H and O–H groups in total. The van der Waals surface area contributed by atoms with Gasteiger partial charge >= 0.3 is 39.5 Å². The lowest BCUT2D eigenvalue weighted by molar-refractivity contribution is -0.161. The van der Waals surface area contributed by atoms with Crippen molar-refractivity contribution in [3.8, 4) is 0 Å². The van der Waals surface area contributed by atoms with Gasteiger partial charge in [0.15, 0.2) is 12.2 Å². The third-order valence-electron chi connectivity index (χ3n) is 17.7. The molecule has 0 saturated carbocycles. The molecule has 0 aromatic rings. The number of unbranched alkanes of at least 4 members (excludes halogenated alkanes) is 37. The lowest BCUT2D eigenvalue weighted by Gasteiger charge is -2.21. The fourth-order valence-corrected chi connectivity index (χ4v) is 12.9. The molecule has 0 fully saturated rings. The number of hydrogen-bond donors (Lipinski definition) is 3. The van der Waals surface area contributed by atoms with Crippen molar-refractivity contribution >= 4 is 39.5 Å². The predicted octanol–water partition coefficient (Wildman–Crippen LogP) is 21.7. The first-order valence-corrected chi connectivity index (χ1v) is 41.7. The molecule has 0 heterocycles. The van der Waals surface area contributed by atoms with Gasteiger partial charge in [-0.2, -0.15) is 0 Å². The Morgan fingerprint density at radius 3 is 0.755 bits per heavy atom. The fourth-order valence-electron chi connectivity index (χ4n) is 11.3. The molecule has 0 aliphatic rings. The summed E-state index contributed by atoms with van der Waals surface area (Å²) >= 11 is 0. The Balaban J connectivity index is 5.22. The molecule has 94 heavy (non-hydrogen) atoms. The third kappa shape index (κ3) is 67.3. The molecule has 558 valence electrons. The van der Waals surface area contributed by atoms with E-state index < -0.39 is 97.5 Å². The molecule has 0 radical (unpaired) electrons. The number of ether oxygens (including phenoxy) is 4. The van der Waals surface area contributed by atoms with E-state index >= 15 is 0 Å². The highest BCUT2D eigenvalue weighted by Crippen LogP contribution is 2.45.